The molecule has 1 aromatic heterocycles. The topological polar surface area (TPSA) is 29.9 Å². The van der Waals surface area contributed by atoms with E-state index in [-0.39, 0.29) is 18.9 Å². The van der Waals surface area contributed by atoms with Crippen LogP contribution in [-0.4, -0.2) is 16.0 Å². The molecule has 1 aromatic rings. The minimum atomic E-state index is -0.660. The number of hydrogen-bond donors (Lipinski definition) is 2. The molecule has 1 aliphatic carbocycles. The number of nitrogens with one attached hydrogen (secondary N) is 1. The lowest BCUT2D eigenvalue weighted by atomic mass is 10.0. The summed E-state index contributed by atoms with van der Waals surface area (Å²) < 4.78 is 18.0. The Bertz CT molecular complexity index is 397. The van der Waals surface area contributed by atoms with Crippen LogP contribution in [-0.2, 0) is 5.54 Å². The first-order valence-electron chi connectivity index (χ1n) is 6.06. The number of thiol groups is 1. The second-order valence-corrected chi connectivity index (χ2v) is 5.98. The normalized spacial score (nSPS) is 23.8. The molecule has 5 heteroatoms. The molecule has 1 heterocycles. The van der Waals surface area contributed by atoms with Crippen molar-refractivity contribution in [1.82, 2.24) is 9.78 Å². The Morgan fingerprint density at radius 3 is 2.50 bits per heavy atom. The van der Waals surface area contributed by atoms with Gasteiger partial charge in [0.25, 0.3) is 0 Å². The monoisotopic (exact) mass is 273 g/mol. The summed E-state index contributed by atoms with van der Waals surface area (Å²) >= 11 is 4.10. The van der Waals surface area contributed by atoms with Crippen molar-refractivity contribution in [1.29, 1.82) is 0 Å². The van der Waals surface area contributed by atoms with Gasteiger partial charge in [0.2, 0.25) is 0 Å². The molecular formula is C13H24FN3S. The van der Waals surface area contributed by atoms with Gasteiger partial charge in [-0.15, -0.1) is 0 Å². The van der Waals surface area contributed by atoms with Gasteiger partial charge in [0, 0.05) is 12.0 Å². The van der Waals surface area contributed by atoms with Crippen LogP contribution in [0.3, 0.4) is 0 Å². The van der Waals surface area contributed by atoms with Crippen molar-refractivity contribution < 1.29 is 4.39 Å². The summed E-state index contributed by atoms with van der Waals surface area (Å²) in [6, 6.07) is 1.99. The Balaban J connectivity index is 0.00000162. The van der Waals surface area contributed by atoms with Crippen molar-refractivity contribution in [2.45, 2.75) is 65.1 Å². The molecule has 1 N–H and O–H groups in total. The van der Waals surface area contributed by atoms with E-state index in [4.69, 9.17) is 0 Å². The first-order chi connectivity index (χ1) is 7.91. The quantitative estimate of drug-likeness (QED) is 0.793. The summed E-state index contributed by atoms with van der Waals surface area (Å²) in [6.45, 7) is 6.26. The van der Waals surface area contributed by atoms with Gasteiger partial charge >= 0.3 is 0 Å². The maximum Gasteiger partial charge on any atom is 0.134 e. The molecule has 104 valence electrons. The van der Waals surface area contributed by atoms with Gasteiger partial charge in [-0.2, -0.15) is 5.10 Å². The van der Waals surface area contributed by atoms with Crippen molar-refractivity contribution in [2.24, 2.45) is 0 Å². The van der Waals surface area contributed by atoms with E-state index in [1.807, 2.05) is 10.7 Å². The van der Waals surface area contributed by atoms with Gasteiger partial charge < -0.3 is 4.72 Å². The number of aromatic nitrogens is 2. The molecule has 0 saturated heterocycles. The summed E-state index contributed by atoms with van der Waals surface area (Å²) in [6.07, 6.45) is 1.50. The predicted molar refractivity (Wildman–Crippen MR) is 78.1 cm³/mol. The van der Waals surface area contributed by atoms with Crippen molar-refractivity contribution in [2.75, 3.05) is 4.72 Å². The Labute approximate surface area is 115 Å². The summed E-state index contributed by atoms with van der Waals surface area (Å²) in [5.41, 5.74) is 0.883. The number of anilines is 1. The minimum Gasteiger partial charge on any atom is -0.317 e. The molecule has 0 bridgehead atoms. The Morgan fingerprint density at radius 1 is 1.44 bits per heavy atom. The number of hydrogen-bond acceptors (Lipinski definition) is 3. The van der Waals surface area contributed by atoms with E-state index in [1.165, 1.54) is 0 Å². The second kappa shape index (κ2) is 5.51. The molecule has 1 fully saturated rings. The molecule has 0 aromatic carbocycles. The third-order valence-corrected chi connectivity index (χ3v) is 3.49. The largest absolute Gasteiger partial charge is 0.317 e. The maximum absolute atomic E-state index is 13.2. The Hall–Kier alpha value is -0.710. The van der Waals surface area contributed by atoms with Crippen LogP contribution in [0.5, 0.6) is 0 Å². The number of nitrogens with zero attached hydrogens (tertiary/aromatic N) is 2. The molecular weight excluding hydrogens is 249 g/mol. The van der Waals surface area contributed by atoms with Gasteiger partial charge in [-0.25, -0.2) is 9.07 Å². The van der Waals surface area contributed by atoms with Gasteiger partial charge in [-0.05, 0) is 40.0 Å². The number of alkyl halides is 1. The summed E-state index contributed by atoms with van der Waals surface area (Å²) in [5.74, 6) is 1.13. The van der Waals surface area contributed by atoms with Crippen molar-refractivity contribution in [3.63, 3.8) is 0 Å². The smallest absolute Gasteiger partial charge is 0.134 e. The van der Waals surface area contributed by atoms with Crippen LogP contribution >= 0.6 is 12.8 Å². The van der Waals surface area contributed by atoms with Crippen molar-refractivity contribution >= 4 is 18.6 Å². The summed E-state index contributed by atoms with van der Waals surface area (Å²) in [4.78, 5) is 0. The highest BCUT2D eigenvalue weighted by Gasteiger charge is 2.29. The van der Waals surface area contributed by atoms with Crippen LogP contribution < -0.4 is 4.72 Å². The highest BCUT2D eigenvalue weighted by molar-refractivity contribution is 7.81. The molecule has 18 heavy (non-hydrogen) atoms. The summed E-state index contributed by atoms with van der Waals surface area (Å²) in [5, 5.41) is 4.61. The van der Waals surface area contributed by atoms with Crippen molar-refractivity contribution in [3.8, 4) is 0 Å². The summed E-state index contributed by atoms with van der Waals surface area (Å²) in [7, 11) is 0. The Kier molecular flexibility index (Phi) is 4.70. The average Bonchev–Trinajstić information content (AvgIpc) is 2.81. The molecule has 2 rings (SSSR count). The lowest BCUT2D eigenvalue weighted by Gasteiger charge is -2.21. The SMILES string of the molecule is C.CC(C)(C)n1nc(C2CCC(F)C2)cc1NS. The van der Waals surface area contributed by atoms with Gasteiger partial charge in [-0.3, -0.25) is 0 Å². The second-order valence-electron chi connectivity index (χ2n) is 5.76. The van der Waals surface area contributed by atoms with E-state index in [0.717, 1.165) is 17.9 Å². The fourth-order valence-electron chi connectivity index (χ4n) is 2.38. The van der Waals surface area contributed by atoms with Gasteiger partial charge in [-0.1, -0.05) is 20.2 Å². The maximum atomic E-state index is 13.2. The van der Waals surface area contributed by atoms with Crippen molar-refractivity contribution in [3.05, 3.63) is 11.8 Å². The van der Waals surface area contributed by atoms with Crippen LogP contribution in [0.1, 0.15) is 59.1 Å². The molecule has 0 aliphatic heterocycles. The van der Waals surface area contributed by atoms with E-state index >= 15 is 0 Å². The van der Waals surface area contributed by atoms with Crippen LogP contribution in [0.25, 0.3) is 0 Å². The van der Waals surface area contributed by atoms with E-state index in [0.29, 0.717) is 12.8 Å². The third kappa shape index (κ3) is 2.99. The molecule has 1 saturated carbocycles. The lowest BCUT2D eigenvalue weighted by molar-refractivity contribution is 0.336. The molecule has 1 aliphatic rings. The fraction of sp³-hybridized carbons (Fsp3) is 0.769. The zero-order valence-corrected chi connectivity index (χ0v) is 11.5. The van der Waals surface area contributed by atoms with Gasteiger partial charge in [0.1, 0.15) is 12.0 Å². The predicted octanol–water partition coefficient (Wildman–Crippen LogP) is 4.14. The highest BCUT2D eigenvalue weighted by Crippen LogP contribution is 2.37. The van der Waals surface area contributed by atoms with Crippen LogP contribution in [0.2, 0.25) is 0 Å². The van der Waals surface area contributed by atoms with E-state index in [1.54, 1.807) is 0 Å². The molecule has 2 atom stereocenters. The zero-order chi connectivity index (χ0) is 12.6. The van der Waals surface area contributed by atoms with Gasteiger partial charge in [0.15, 0.2) is 0 Å². The first-order valence-corrected chi connectivity index (χ1v) is 6.51. The minimum absolute atomic E-state index is 0. The van der Waals surface area contributed by atoms with E-state index in [2.05, 4.69) is 43.4 Å². The first kappa shape index (κ1) is 15.3. The number of rotatable bonds is 2. The molecule has 0 radical (unpaired) electrons. The average molecular weight is 273 g/mol. The molecule has 2 unspecified atom stereocenters. The Morgan fingerprint density at radius 2 is 2.11 bits per heavy atom. The molecule has 0 amide bonds. The van der Waals surface area contributed by atoms with E-state index in [9.17, 15) is 4.39 Å². The van der Waals surface area contributed by atoms with Crippen LogP contribution in [0, 0.1) is 0 Å². The number of halogens is 1. The van der Waals surface area contributed by atoms with Crippen LogP contribution in [0.4, 0.5) is 10.2 Å². The standard InChI is InChI=1S/C12H20FN3S.CH4/c1-12(2,3)16-11(15-17)7-10(14-16)8-4-5-9(13)6-8;/h7-9,15,17H,4-6H2,1-3H3;1H4. The van der Waals surface area contributed by atoms with Crippen LogP contribution in [0.15, 0.2) is 6.07 Å². The third-order valence-electron chi connectivity index (χ3n) is 3.27. The highest BCUT2D eigenvalue weighted by atomic mass is 32.1. The van der Waals surface area contributed by atoms with Gasteiger partial charge in [0.05, 0.1) is 11.2 Å². The molecule has 0 spiro atoms. The molecule has 3 nitrogen and oxygen atoms in total. The zero-order valence-electron chi connectivity index (χ0n) is 10.6. The van der Waals surface area contributed by atoms with E-state index < -0.39 is 6.17 Å². The fourth-order valence-corrected chi connectivity index (χ4v) is 2.54. The lowest BCUT2D eigenvalue weighted by Crippen LogP contribution is -2.24.